The summed E-state index contributed by atoms with van der Waals surface area (Å²) in [5.74, 6) is 4.51. The van der Waals surface area contributed by atoms with Crippen LogP contribution in [-0.2, 0) is 9.53 Å². The average molecular weight is 202 g/mol. The van der Waals surface area contributed by atoms with E-state index in [9.17, 15) is 4.79 Å². The number of esters is 1. The Balaban J connectivity index is 3.79. The Bertz CT molecular complexity index is 184. The van der Waals surface area contributed by atoms with Crippen LogP contribution < -0.4 is 11.2 Å². The van der Waals surface area contributed by atoms with E-state index < -0.39 is 6.04 Å². The lowest BCUT2D eigenvalue weighted by molar-refractivity contribution is -0.142. The van der Waals surface area contributed by atoms with E-state index in [-0.39, 0.29) is 5.97 Å². The first-order chi connectivity index (χ1) is 6.76. The first kappa shape index (κ1) is 12.8. The topological polar surface area (TPSA) is 89.1 Å². The minimum atomic E-state index is -0.554. The Labute approximate surface area is 83.9 Å². The van der Waals surface area contributed by atoms with E-state index in [1.807, 2.05) is 7.05 Å². The van der Waals surface area contributed by atoms with Gasteiger partial charge in [0, 0.05) is 0 Å². The van der Waals surface area contributed by atoms with E-state index in [1.54, 1.807) is 0 Å². The molecule has 0 heterocycles. The van der Waals surface area contributed by atoms with Gasteiger partial charge in [0.1, 0.15) is 0 Å². The normalized spacial score (nSPS) is 13.0. The van der Waals surface area contributed by atoms with Crippen molar-refractivity contribution in [2.45, 2.75) is 25.3 Å². The van der Waals surface area contributed by atoms with E-state index in [4.69, 9.17) is 5.84 Å². The third-order valence-electron chi connectivity index (χ3n) is 1.83. The maximum Gasteiger partial charge on any atom is 0.332 e. The molecule has 6 nitrogen and oxygen atoms in total. The highest BCUT2D eigenvalue weighted by atomic mass is 16.5. The Morgan fingerprint density at radius 1 is 1.57 bits per heavy atom. The van der Waals surface area contributed by atoms with Gasteiger partial charge in [0.15, 0.2) is 6.04 Å². The molecule has 3 N–H and O–H groups in total. The van der Waals surface area contributed by atoms with Gasteiger partial charge in [0.05, 0.1) is 7.11 Å². The summed E-state index contributed by atoms with van der Waals surface area (Å²) < 4.78 is 4.56. The number of methoxy groups -OCH3 is 1. The molecule has 0 aromatic rings. The van der Waals surface area contributed by atoms with Gasteiger partial charge in [-0.1, -0.05) is 5.22 Å². The number of ether oxygens (including phenoxy) is 1. The van der Waals surface area contributed by atoms with E-state index in [0.29, 0.717) is 6.42 Å². The van der Waals surface area contributed by atoms with Crippen LogP contribution in [0.2, 0.25) is 0 Å². The SMILES string of the molecule is CNCCCC[C@H](N=NN)C(=O)OC. The summed E-state index contributed by atoms with van der Waals surface area (Å²) in [5.41, 5.74) is 0. The molecule has 14 heavy (non-hydrogen) atoms. The van der Waals surface area contributed by atoms with Crippen molar-refractivity contribution in [2.24, 2.45) is 16.2 Å². The van der Waals surface area contributed by atoms with Crippen LogP contribution in [0.1, 0.15) is 19.3 Å². The molecule has 0 saturated heterocycles. The monoisotopic (exact) mass is 202 g/mol. The molecule has 0 aromatic heterocycles. The molecule has 0 spiro atoms. The number of nitrogens with one attached hydrogen (secondary N) is 1. The molecule has 6 heteroatoms. The zero-order valence-corrected chi connectivity index (χ0v) is 8.69. The van der Waals surface area contributed by atoms with Crippen molar-refractivity contribution >= 4 is 5.97 Å². The summed E-state index contributed by atoms with van der Waals surface area (Å²) in [6.45, 7) is 0.924. The smallest absolute Gasteiger partial charge is 0.332 e. The molecular formula is C8H18N4O2. The summed E-state index contributed by atoms with van der Waals surface area (Å²) in [4.78, 5) is 11.1. The first-order valence-corrected chi connectivity index (χ1v) is 4.58. The molecule has 0 aromatic carbocycles. The minimum Gasteiger partial charge on any atom is -0.467 e. The van der Waals surface area contributed by atoms with Gasteiger partial charge in [-0.05, 0) is 32.9 Å². The maximum atomic E-state index is 11.1. The highest BCUT2D eigenvalue weighted by molar-refractivity contribution is 5.75. The van der Waals surface area contributed by atoms with Gasteiger partial charge in [0.25, 0.3) is 0 Å². The fourth-order valence-electron chi connectivity index (χ4n) is 1.08. The zero-order chi connectivity index (χ0) is 10.8. The van der Waals surface area contributed by atoms with Crippen molar-refractivity contribution in [3.8, 4) is 0 Å². The molecule has 0 radical (unpaired) electrons. The first-order valence-electron chi connectivity index (χ1n) is 4.58. The molecule has 0 aliphatic heterocycles. The number of hydrogen-bond acceptors (Lipinski definition) is 5. The van der Waals surface area contributed by atoms with E-state index in [1.165, 1.54) is 7.11 Å². The fourth-order valence-corrected chi connectivity index (χ4v) is 1.08. The van der Waals surface area contributed by atoms with Gasteiger partial charge in [-0.3, -0.25) is 0 Å². The van der Waals surface area contributed by atoms with Crippen LogP contribution >= 0.6 is 0 Å². The summed E-state index contributed by atoms with van der Waals surface area (Å²) in [6, 6.07) is -0.554. The number of carbonyl (C=O) groups excluding carboxylic acids is 1. The molecule has 0 aliphatic rings. The molecule has 0 aliphatic carbocycles. The van der Waals surface area contributed by atoms with Crippen LogP contribution in [0.15, 0.2) is 10.3 Å². The van der Waals surface area contributed by atoms with Crippen LogP contribution in [0, 0.1) is 0 Å². The molecule has 0 unspecified atom stereocenters. The standard InChI is InChI=1S/C8H18N4O2/c1-10-6-4-3-5-7(11-12-9)8(13)14-2/h7,10H,3-6H2,1-2H3,(H2,9,11)/t7-/m0/s1. The van der Waals surface area contributed by atoms with Crippen molar-refractivity contribution in [3.05, 3.63) is 0 Å². The Morgan fingerprint density at radius 3 is 2.79 bits per heavy atom. The predicted molar refractivity (Wildman–Crippen MR) is 52.6 cm³/mol. The second-order valence-electron chi connectivity index (χ2n) is 2.87. The number of carbonyl (C=O) groups is 1. The Hall–Kier alpha value is -1.17. The van der Waals surface area contributed by atoms with Crippen molar-refractivity contribution < 1.29 is 9.53 Å². The molecule has 0 fully saturated rings. The van der Waals surface area contributed by atoms with E-state index in [2.05, 4.69) is 20.4 Å². The maximum absolute atomic E-state index is 11.1. The van der Waals surface area contributed by atoms with Crippen LogP contribution in [-0.4, -0.2) is 32.7 Å². The van der Waals surface area contributed by atoms with Crippen LogP contribution in [0.5, 0.6) is 0 Å². The van der Waals surface area contributed by atoms with Crippen molar-refractivity contribution in [3.63, 3.8) is 0 Å². The molecule has 0 amide bonds. The van der Waals surface area contributed by atoms with E-state index in [0.717, 1.165) is 19.4 Å². The quantitative estimate of drug-likeness (QED) is 0.203. The number of nitrogens with zero attached hydrogens (tertiary/aromatic N) is 2. The number of rotatable bonds is 7. The van der Waals surface area contributed by atoms with Gasteiger partial charge in [-0.15, -0.1) is 0 Å². The van der Waals surface area contributed by atoms with Crippen LogP contribution in [0.3, 0.4) is 0 Å². The lowest BCUT2D eigenvalue weighted by Crippen LogP contribution is -2.20. The molecular weight excluding hydrogens is 184 g/mol. The average Bonchev–Trinajstić information content (AvgIpc) is 2.21. The number of unbranched alkanes of at least 4 members (excludes halogenated alkanes) is 1. The molecule has 0 bridgehead atoms. The molecule has 82 valence electrons. The lowest BCUT2D eigenvalue weighted by atomic mass is 10.1. The third kappa shape index (κ3) is 5.47. The minimum absolute atomic E-state index is 0.386. The Morgan fingerprint density at radius 2 is 2.29 bits per heavy atom. The zero-order valence-electron chi connectivity index (χ0n) is 8.69. The molecule has 0 rings (SSSR count). The number of hydrogen-bond donors (Lipinski definition) is 2. The third-order valence-corrected chi connectivity index (χ3v) is 1.83. The Kier molecular flexibility index (Phi) is 7.72. The summed E-state index contributed by atoms with van der Waals surface area (Å²) in [6.07, 6.45) is 2.50. The van der Waals surface area contributed by atoms with Gasteiger partial charge < -0.3 is 15.9 Å². The van der Waals surface area contributed by atoms with Crippen molar-refractivity contribution in [1.29, 1.82) is 0 Å². The molecule has 0 saturated carbocycles. The summed E-state index contributed by atoms with van der Waals surface area (Å²) in [7, 11) is 3.21. The largest absolute Gasteiger partial charge is 0.467 e. The summed E-state index contributed by atoms with van der Waals surface area (Å²) >= 11 is 0. The van der Waals surface area contributed by atoms with Gasteiger partial charge >= 0.3 is 5.97 Å². The van der Waals surface area contributed by atoms with E-state index >= 15 is 0 Å². The number of nitrogens with two attached hydrogens (primary N) is 1. The highest BCUT2D eigenvalue weighted by Gasteiger charge is 2.17. The van der Waals surface area contributed by atoms with Crippen molar-refractivity contribution in [1.82, 2.24) is 5.32 Å². The predicted octanol–water partition coefficient (Wildman–Crippen LogP) is 0.244. The highest BCUT2D eigenvalue weighted by Crippen LogP contribution is 2.06. The molecule has 1 atom stereocenters. The second kappa shape index (κ2) is 8.43. The van der Waals surface area contributed by atoms with Gasteiger partial charge in [-0.25, -0.2) is 4.79 Å². The fraction of sp³-hybridized carbons (Fsp3) is 0.875. The van der Waals surface area contributed by atoms with Gasteiger partial charge in [-0.2, -0.15) is 5.11 Å². The van der Waals surface area contributed by atoms with Crippen molar-refractivity contribution in [2.75, 3.05) is 20.7 Å². The lowest BCUT2D eigenvalue weighted by Gasteiger charge is -2.07. The van der Waals surface area contributed by atoms with Crippen LogP contribution in [0.4, 0.5) is 0 Å². The second-order valence-corrected chi connectivity index (χ2v) is 2.87. The van der Waals surface area contributed by atoms with Gasteiger partial charge in [0.2, 0.25) is 0 Å². The summed E-state index contributed by atoms with van der Waals surface area (Å²) in [5, 5.41) is 9.73. The van der Waals surface area contributed by atoms with Crippen LogP contribution in [0.25, 0.3) is 0 Å².